The number of rotatable bonds is 8. The summed E-state index contributed by atoms with van der Waals surface area (Å²) >= 11 is 0. The highest BCUT2D eigenvalue weighted by molar-refractivity contribution is 5.99. The minimum absolute atomic E-state index is 0.104. The fraction of sp³-hybridized carbons (Fsp3) is 0.571. The van der Waals surface area contributed by atoms with Crippen LogP contribution in [0.4, 0.5) is 5.69 Å². The SMILES string of the molecule is CCCOCCCNC(=O)c1cnc(C)cc1NC. The third kappa shape index (κ3) is 5.26. The number of amides is 1. The van der Waals surface area contributed by atoms with Gasteiger partial charge in [-0.3, -0.25) is 9.78 Å². The first kappa shape index (κ1) is 15.4. The van der Waals surface area contributed by atoms with Crippen LogP contribution in [0.25, 0.3) is 0 Å². The molecule has 1 aromatic heterocycles. The van der Waals surface area contributed by atoms with Gasteiger partial charge in [0.1, 0.15) is 0 Å². The van der Waals surface area contributed by atoms with Gasteiger partial charge < -0.3 is 15.4 Å². The van der Waals surface area contributed by atoms with Gasteiger partial charge in [0.25, 0.3) is 5.91 Å². The topological polar surface area (TPSA) is 63.2 Å². The van der Waals surface area contributed by atoms with Crippen LogP contribution >= 0.6 is 0 Å². The third-order valence-corrected chi connectivity index (χ3v) is 2.65. The molecule has 106 valence electrons. The smallest absolute Gasteiger partial charge is 0.254 e. The van der Waals surface area contributed by atoms with Crippen LogP contribution in [0, 0.1) is 6.92 Å². The van der Waals surface area contributed by atoms with Crippen molar-refractivity contribution in [2.75, 3.05) is 32.1 Å². The fourth-order valence-electron chi connectivity index (χ4n) is 1.67. The van der Waals surface area contributed by atoms with E-state index in [1.54, 1.807) is 13.2 Å². The van der Waals surface area contributed by atoms with Crippen LogP contribution in [0.1, 0.15) is 35.8 Å². The Morgan fingerprint density at radius 3 is 2.89 bits per heavy atom. The highest BCUT2D eigenvalue weighted by atomic mass is 16.5. The Hall–Kier alpha value is -1.62. The van der Waals surface area contributed by atoms with E-state index in [-0.39, 0.29) is 5.91 Å². The molecule has 0 aliphatic rings. The van der Waals surface area contributed by atoms with E-state index in [4.69, 9.17) is 4.74 Å². The zero-order valence-corrected chi connectivity index (χ0v) is 12.0. The van der Waals surface area contributed by atoms with Gasteiger partial charge in [0.05, 0.1) is 11.3 Å². The number of aryl methyl sites for hydroxylation is 1. The summed E-state index contributed by atoms with van der Waals surface area (Å²) in [6.07, 6.45) is 3.44. The zero-order valence-electron chi connectivity index (χ0n) is 12.0. The van der Waals surface area contributed by atoms with Crippen LogP contribution in [0.2, 0.25) is 0 Å². The molecule has 1 rings (SSSR count). The number of pyridine rings is 1. The number of hydrogen-bond donors (Lipinski definition) is 2. The molecule has 2 N–H and O–H groups in total. The highest BCUT2D eigenvalue weighted by Crippen LogP contribution is 2.14. The lowest BCUT2D eigenvalue weighted by molar-refractivity contribution is 0.0942. The van der Waals surface area contributed by atoms with E-state index < -0.39 is 0 Å². The molecule has 0 aromatic carbocycles. The molecule has 1 heterocycles. The van der Waals surface area contributed by atoms with E-state index >= 15 is 0 Å². The Kier molecular flexibility index (Phi) is 6.89. The molecule has 0 bridgehead atoms. The second-order valence-corrected chi connectivity index (χ2v) is 4.34. The van der Waals surface area contributed by atoms with Crippen molar-refractivity contribution in [3.63, 3.8) is 0 Å². The molecule has 0 aliphatic carbocycles. The Morgan fingerprint density at radius 1 is 1.42 bits per heavy atom. The lowest BCUT2D eigenvalue weighted by Gasteiger charge is -2.10. The Labute approximate surface area is 114 Å². The van der Waals surface area contributed by atoms with Crippen molar-refractivity contribution in [2.24, 2.45) is 0 Å². The molecule has 0 atom stereocenters. The summed E-state index contributed by atoms with van der Waals surface area (Å²) in [6.45, 7) is 6.04. The van der Waals surface area contributed by atoms with Crippen molar-refractivity contribution in [3.05, 3.63) is 23.5 Å². The van der Waals surface area contributed by atoms with Crippen LogP contribution in [0.3, 0.4) is 0 Å². The summed E-state index contributed by atoms with van der Waals surface area (Å²) in [5.74, 6) is -0.104. The van der Waals surface area contributed by atoms with Gasteiger partial charge in [-0.05, 0) is 25.8 Å². The summed E-state index contributed by atoms with van der Waals surface area (Å²) in [5.41, 5.74) is 2.25. The number of hydrogen-bond acceptors (Lipinski definition) is 4. The van der Waals surface area contributed by atoms with E-state index in [9.17, 15) is 4.79 Å². The summed E-state index contributed by atoms with van der Waals surface area (Å²) in [7, 11) is 1.80. The molecule has 0 saturated heterocycles. The second kappa shape index (κ2) is 8.48. The monoisotopic (exact) mass is 265 g/mol. The van der Waals surface area contributed by atoms with Crippen molar-refractivity contribution in [1.82, 2.24) is 10.3 Å². The van der Waals surface area contributed by atoms with Gasteiger partial charge >= 0.3 is 0 Å². The van der Waals surface area contributed by atoms with Gasteiger partial charge in [0, 0.05) is 38.7 Å². The van der Waals surface area contributed by atoms with Crippen molar-refractivity contribution in [2.45, 2.75) is 26.7 Å². The first-order valence-electron chi connectivity index (χ1n) is 6.69. The number of aromatic nitrogens is 1. The molecule has 0 saturated carbocycles. The molecule has 1 amide bonds. The second-order valence-electron chi connectivity index (χ2n) is 4.34. The number of carbonyl (C=O) groups is 1. The molecule has 0 fully saturated rings. The number of anilines is 1. The maximum atomic E-state index is 12.0. The predicted octanol–water partition coefficient (Wildman–Crippen LogP) is 1.98. The van der Waals surface area contributed by atoms with E-state index in [0.29, 0.717) is 18.7 Å². The van der Waals surface area contributed by atoms with E-state index in [0.717, 1.165) is 30.8 Å². The number of nitrogens with zero attached hydrogens (tertiary/aromatic N) is 1. The fourth-order valence-corrected chi connectivity index (χ4v) is 1.67. The summed E-state index contributed by atoms with van der Waals surface area (Å²) in [6, 6.07) is 1.86. The molecule has 0 unspecified atom stereocenters. The van der Waals surface area contributed by atoms with Crippen molar-refractivity contribution in [1.29, 1.82) is 0 Å². The molecule has 19 heavy (non-hydrogen) atoms. The van der Waals surface area contributed by atoms with Crippen molar-refractivity contribution < 1.29 is 9.53 Å². The average Bonchev–Trinajstić information content (AvgIpc) is 2.42. The predicted molar refractivity (Wildman–Crippen MR) is 76.6 cm³/mol. The third-order valence-electron chi connectivity index (χ3n) is 2.65. The molecule has 5 nitrogen and oxygen atoms in total. The minimum atomic E-state index is -0.104. The van der Waals surface area contributed by atoms with Gasteiger partial charge in [0.2, 0.25) is 0 Å². The van der Waals surface area contributed by atoms with Crippen LogP contribution in [-0.2, 0) is 4.74 Å². The molecule has 0 aliphatic heterocycles. The molecule has 1 aromatic rings. The maximum Gasteiger partial charge on any atom is 0.254 e. The van der Waals surface area contributed by atoms with Crippen LogP contribution in [0.5, 0.6) is 0 Å². The molecule has 0 radical (unpaired) electrons. The first-order valence-corrected chi connectivity index (χ1v) is 6.69. The van der Waals surface area contributed by atoms with Gasteiger partial charge in [-0.2, -0.15) is 0 Å². The normalized spacial score (nSPS) is 10.3. The highest BCUT2D eigenvalue weighted by Gasteiger charge is 2.10. The molecule has 5 heteroatoms. The number of ether oxygens (including phenoxy) is 1. The number of carbonyl (C=O) groups excluding carboxylic acids is 1. The zero-order chi connectivity index (χ0) is 14.1. The van der Waals surface area contributed by atoms with Gasteiger partial charge in [0.15, 0.2) is 0 Å². The molecular formula is C14H23N3O2. The van der Waals surface area contributed by atoms with Crippen molar-refractivity contribution >= 4 is 11.6 Å². The van der Waals surface area contributed by atoms with Gasteiger partial charge in [-0.15, -0.1) is 0 Å². The Bertz CT molecular complexity index is 408. The molecule has 0 spiro atoms. The van der Waals surface area contributed by atoms with Crippen LogP contribution in [-0.4, -0.2) is 37.7 Å². The Morgan fingerprint density at radius 2 is 2.21 bits per heavy atom. The number of nitrogens with one attached hydrogen (secondary N) is 2. The maximum absolute atomic E-state index is 12.0. The lowest BCUT2D eigenvalue weighted by atomic mass is 10.2. The van der Waals surface area contributed by atoms with E-state index in [1.165, 1.54) is 0 Å². The summed E-state index contributed by atoms with van der Waals surface area (Å²) < 4.78 is 5.35. The average molecular weight is 265 g/mol. The Balaban J connectivity index is 2.41. The van der Waals surface area contributed by atoms with Crippen molar-refractivity contribution in [3.8, 4) is 0 Å². The van der Waals surface area contributed by atoms with Gasteiger partial charge in [-0.25, -0.2) is 0 Å². The minimum Gasteiger partial charge on any atom is -0.387 e. The standard InChI is InChI=1S/C14H23N3O2/c1-4-7-19-8-5-6-16-14(18)12-10-17-11(2)9-13(12)15-3/h9-10H,4-8H2,1-3H3,(H,15,17)(H,16,18). The van der Waals surface area contributed by atoms with Crippen LogP contribution in [0.15, 0.2) is 12.3 Å². The quantitative estimate of drug-likeness (QED) is 0.705. The van der Waals surface area contributed by atoms with E-state index in [2.05, 4.69) is 22.5 Å². The lowest BCUT2D eigenvalue weighted by Crippen LogP contribution is -2.26. The van der Waals surface area contributed by atoms with Gasteiger partial charge in [-0.1, -0.05) is 6.92 Å². The van der Waals surface area contributed by atoms with Crippen LogP contribution < -0.4 is 10.6 Å². The summed E-state index contributed by atoms with van der Waals surface area (Å²) in [4.78, 5) is 16.1. The summed E-state index contributed by atoms with van der Waals surface area (Å²) in [5, 5.41) is 5.88. The first-order chi connectivity index (χ1) is 9.19. The molecular weight excluding hydrogens is 242 g/mol. The largest absolute Gasteiger partial charge is 0.387 e. The van der Waals surface area contributed by atoms with E-state index in [1.807, 2.05) is 13.0 Å².